The molecule has 0 aromatic carbocycles. The van der Waals surface area contributed by atoms with E-state index in [0.717, 1.165) is 12.2 Å². The average molecular weight is 261 g/mol. The highest BCUT2D eigenvalue weighted by Gasteiger charge is 2.24. The Bertz CT molecular complexity index is 230. The van der Waals surface area contributed by atoms with Crippen molar-refractivity contribution in [2.24, 2.45) is 0 Å². The summed E-state index contributed by atoms with van der Waals surface area (Å²) in [6, 6.07) is 0.200. The van der Waals surface area contributed by atoms with E-state index in [4.69, 9.17) is 9.47 Å². The minimum Gasteiger partial charge on any atom is -0.468 e. The van der Waals surface area contributed by atoms with Crippen LogP contribution in [0.2, 0.25) is 0 Å². The first-order valence-electron chi connectivity index (χ1n) is 6.16. The first kappa shape index (κ1) is 14.8. The van der Waals surface area contributed by atoms with Crippen molar-refractivity contribution in [3.8, 4) is 0 Å². The summed E-state index contributed by atoms with van der Waals surface area (Å²) in [6.45, 7) is 4.58. The van der Waals surface area contributed by atoms with Crippen LogP contribution in [0.5, 0.6) is 0 Å². The Morgan fingerprint density at radius 2 is 2.29 bits per heavy atom. The molecule has 0 aromatic rings. The van der Waals surface area contributed by atoms with E-state index in [1.54, 1.807) is 0 Å². The fourth-order valence-electron chi connectivity index (χ4n) is 1.78. The normalized spacial score (nSPS) is 21.8. The van der Waals surface area contributed by atoms with Gasteiger partial charge in [-0.15, -0.1) is 0 Å². The molecule has 5 heteroatoms. The van der Waals surface area contributed by atoms with Gasteiger partial charge in [-0.05, 0) is 32.4 Å². The highest BCUT2D eigenvalue weighted by Crippen LogP contribution is 2.18. The number of methoxy groups -OCH3 is 1. The van der Waals surface area contributed by atoms with Crippen LogP contribution in [0.4, 0.5) is 0 Å². The third-order valence-electron chi connectivity index (χ3n) is 2.71. The molecular formula is C12H23NO3S. The highest BCUT2D eigenvalue weighted by atomic mass is 32.2. The Hall–Kier alpha value is -0.260. The van der Waals surface area contributed by atoms with Crippen molar-refractivity contribution in [2.45, 2.75) is 44.9 Å². The molecule has 0 bridgehead atoms. The molecule has 0 aliphatic carbocycles. The van der Waals surface area contributed by atoms with E-state index in [9.17, 15) is 4.79 Å². The average Bonchev–Trinajstić information content (AvgIpc) is 2.79. The maximum atomic E-state index is 11.6. The topological polar surface area (TPSA) is 47.6 Å². The lowest BCUT2D eigenvalue weighted by Crippen LogP contribution is -2.44. The molecule has 0 spiro atoms. The number of rotatable bonds is 7. The molecule has 0 saturated carbocycles. The summed E-state index contributed by atoms with van der Waals surface area (Å²) in [6.07, 6.45) is 2.00. The van der Waals surface area contributed by atoms with Crippen molar-refractivity contribution in [3.05, 3.63) is 0 Å². The lowest BCUT2D eigenvalue weighted by Gasteiger charge is -2.20. The van der Waals surface area contributed by atoms with Gasteiger partial charge in [-0.1, -0.05) is 0 Å². The van der Waals surface area contributed by atoms with Gasteiger partial charge in [0.15, 0.2) is 0 Å². The molecule has 1 rings (SSSR count). The quantitative estimate of drug-likeness (QED) is 0.703. The number of esters is 1. The van der Waals surface area contributed by atoms with Crippen molar-refractivity contribution in [3.63, 3.8) is 0 Å². The van der Waals surface area contributed by atoms with Crippen LogP contribution in [0.15, 0.2) is 0 Å². The van der Waals surface area contributed by atoms with E-state index >= 15 is 0 Å². The fraction of sp³-hybridized carbons (Fsp3) is 0.917. The number of nitrogens with one attached hydrogen (secondary N) is 1. The molecule has 0 radical (unpaired) electrons. The van der Waals surface area contributed by atoms with Crippen molar-refractivity contribution in [1.82, 2.24) is 5.32 Å². The van der Waals surface area contributed by atoms with E-state index in [1.165, 1.54) is 12.9 Å². The Labute approximate surface area is 108 Å². The van der Waals surface area contributed by atoms with Crippen LogP contribution < -0.4 is 5.32 Å². The van der Waals surface area contributed by atoms with Crippen LogP contribution >= 0.6 is 11.8 Å². The summed E-state index contributed by atoms with van der Waals surface area (Å²) < 4.78 is 10.3. The molecule has 1 aliphatic rings. The molecule has 4 nitrogen and oxygen atoms in total. The number of carbonyl (C=O) groups is 1. The number of carbonyl (C=O) groups excluding carboxylic acids is 1. The minimum absolute atomic E-state index is 0.186. The van der Waals surface area contributed by atoms with Crippen molar-refractivity contribution in [1.29, 1.82) is 0 Å². The SMILES string of the molecule is COC(=O)[C@@H](CCOC(C)C)N[C@@H]1CCSC1. The van der Waals surface area contributed by atoms with Gasteiger partial charge < -0.3 is 14.8 Å². The summed E-state index contributed by atoms with van der Waals surface area (Å²) in [5.74, 6) is 2.07. The van der Waals surface area contributed by atoms with Gasteiger partial charge in [0.05, 0.1) is 13.2 Å². The van der Waals surface area contributed by atoms with E-state index in [1.807, 2.05) is 25.6 Å². The summed E-state index contributed by atoms with van der Waals surface area (Å²) in [4.78, 5) is 11.6. The summed E-state index contributed by atoms with van der Waals surface area (Å²) >= 11 is 1.93. The molecule has 1 saturated heterocycles. The second-order valence-corrected chi connectivity index (χ2v) is 5.66. The summed E-state index contributed by atoms with van der Waals surface area (Å²) in [7, 11) is 1.43. The van der Waals surface area contributed by atoms with Gasteiger partial charge in [-0.3, -0.25) is 4.79 Å². The number of hydrogen-bond donors (Lipinski definition) is 1. The van der Waals surface area contributed by atoms with Gasteiger partial charge >= 0.3 is 5.97 Å². The second kappa shape index (κ2) is 7.95. The minimum atomic E-state index is -0.234. The number of thioether (sulfide) groups is 1. The van der Waals surface area contributed by atoms with Crippen LogP contribution in [0.3, 0.4) is 0 Å². The van der Waals surface area contributed by atoms with Crippen LogP contribution in [0.1, 0.15) is 26.7 Å². The number of ether oxygens (including phenoxy) is 2. The van der Waals surface area contributed by atoms with E-state index in [0.29, 0.717) is 19.1 Å². The van der Waals surface area contributed by atoms with Crippen molar-refractivity contribution < 1.29 is 14.3 Å². The van der Waals surface area contributed by atoms with Crippen LogP contribution in [-0.2, 0) is 14.3 Å². The lowest BCUT2D eigenvalue weighted by molar-refractivity contribution is -0.144. The van der Waals surface area contributed by atoms with E-state index < -0.39 is 0 Å². The van der Waals surface area contributed by atoms with E-state index in [2.05, 4.69) is 5.32 Å². The standard InChI is InChI=1S/C12H23NO3S/c1-9(2)16-6-4-11(12(14)15-3)13-10-5-7-17-8-10/h9-11,13H,4-8H2,1-3H3/t10-,11-/m1/s1. The van der Waals surface area contributed by atoms with Gasteiger partial charge in [0.25, 0.3) is 0 Å². The Balaban J connectivity index is 2.34. The predicted octanol–water partition coefficient (Wildman–Crippen LogP) is 1.44. The first-order valence-corrected chi connectivity index (χ1v) is 7.32. The lowest BCUT2D eigenvalue weighted by atomic mass is 10.1. The zero-order valence-corrected chi connectivity index (χ0v) is 11.7. The van der Waals surface area contributed by atoms with Crippen LogP contribution in [-0.4, -0.2) is 49.4 Å². The maximum absolute atomic E-state index is 11.6. The van der Waals surface area contributed by atoms with Gasteiger partial charge in [0, 0.05) is 18.4 Å². The zero-order chi connectivity index (χ0) is 12.7. The summed E-state index contributed by atoms with van der Waals surface area (Å²) in [5, 5.41) is 3.36. The second-order valence-electron chi connectivity index (χ2n) is 4.51. The zero-order valence-electron chi connectivity index (χ0n) is 10.9. The Morgan fingerprint density at radius 1 is 1.53 bits per heavy atom. The van der Waals surface area contributed by atoms with Crippen molar-refractivity contribution >= 4 is 17.7 Å². The molecule has 1 heterocycles. The molecule has 2 atom stereocenters. The van der Waals surface area contributed by atoms with Gasteiger partial charge in [0.2, 0.25) is 0 Å². The third-order valence-corrected chi connectivity index (χ3v) is 3.87. The van der Waals surface area contributed by atoms with Gasteiger partial charge in [-0.2, -0.15) is 11.8 Å². The Kier molecular flexibility index (Phi) is 6.92. The monoisotopic (exact) mass is 261 g/mol. The largest absolute Gasteiger partial charge is 0.468 e. The highest BCUT2D eigenvalue weighted by molar-refractivity contribution is 7.99. The molecule has 1 fully saturated rings. The first-order chi connectivity index (χ1) is 8.13. The molecule has 100 valence electrons. The molecule has 0 unspecified atom stereocenters. The van der Waals surface area contributed by atoms with Crippen LogP contribution in [0.25, 0.3) is 0 Å². The molecule has 0 aromatic heterocycles. The van der Waals surface area contributed by atoms with Crippen molar-refractivity contribution in [2.75, 3.05) is 25.2 Å². The third kappa shape index (κ3) is 5.75. The number of hydrogen-bond acceptors (Lipinski definition) is 5. The molecule has 17 heavy (non-hydrogen) atoms. The fourth-order valence-corrected chi connectivity index (χ4v) is 2.95. The summed E-state index contributed by atoms with van der Waals surface area (Å²) in [5.41, 5.74) is 0. The Morgan fingerprint density at radius 3 is 2.82 bits per heavy atom. The molecule has 0 amide bonds. The molecular weight excluding hydrogens is 238 g/mol. The van der Waals surface area contributed by atoms with Crippen LogP contribution in [0, 0.1) is 0 Å². The maximum Gasteiger partial charge on any atom is 0.322 e. The van der Waals surface area contributed by atoms with Gasteiger partial charge in [0.1, 0.15) is 6.04 Å². The van der Waals surface area contributed by atoms with E-state index in [-0.39, 0.29) is 18.1 Å². The predicted molar refractivity (Wildman–Crippen MR) is 70.4 cm³/mol. The molecule has 1 N–H and O–H groups in total. The van der Waals surface area contributed by atoms with Gasteiger partial charge in [-0.25, -0.2) is 0 Å². The molecule has 1 aliphatic heterocycles. The smallest absolute Gasteiger partial charge is 0.322 e.